The Morgan fingerprint density at radius 1 is 1.17 bits per heavy atom. The molecular weight excluding hydrogens is 370 g/mol. The lowest BCUT2D eigenvalue weighted by atomic mass is 10.0. The summed E-state index contributed by atoms with van der Waals surface area (Å²) >= 11 is 0. The number of urea groups is 1. The highest BCUT2D eigenvalue weighted by molar-refractivity contribution is 6.00. The van der Waals surface area contributed by atoms with Crippen LogP contribution in [-0.4, -0.2) is 85.5 Å². The number of carbonyl (C=O) groups excluding carboxylic acids is 2. The Bertz CT molecular complexity index is 816. The van der Waals surface area contributed by atoms with Gasteiger partial charge in [0, 0.05) is 32.9 Å². The number of nitrogens with one attached hydrogen (secondary N) is 1. The molecule has 3 amide bonds. The Morgan fingerprint density at radius 3 is 2.62 bits per heavy atom. The van der Waals surface area contributed by atoms with Crippen molar-refractivity contribution in [3.8, 4) is 0 Å². The van der Waals surface area contributed by atoms with Crippen LogP contribution < -0.4 is 10.2 Å². The molecule has 0 radical (unpaired) electrons. The third kappa shape index (κ3) is 3.29. The van der Waals surface area contributed by atoms with Gasteiger partial charge in [-0.1, -0.05) is 13.0 Å². The number of ether oxygens (including phenoxy) is 1. The molecule has 0 aromatic heterocycles. The Labute approximate surface area is 172 Å². The number of rotatable bonds is 4. The quantitative estimate of drug-likeness (QED) is 0.817. The number of hydrogen-bond acceptors (Lipinski definition) is 6. The first-order valence-electron chi connectivity index (χ1n) is 10.3. The SMILES string of the molecule is COCCN1C(=O)C2C(NC3N(c4ccc(C)c(C)c4)CC(C)CN23)N(C)C1=O. The minimum Gasteiger partial charge on any atom is -0.383 e. The van der Waals surface area contributed by atoms with Crippen molar-refractivity contribution >= 4 is 17.6 Å². The van der Waals surface area contributed by atoms with Crippen LogP contribution in [0, 0.1) is 19.8 Å². The van der Waals surface area contributed by atoms with E-state index in [-0.39, 0.29) is 30.9 Å². The minimum atomic E-state index is -0.392. The van der Waals surface area contributed by atoms with Crippen LogP contribution in [0.15, 0.2) is 18.2 Å². The van der Waals surface area contributed by atoms with Crippen LogP contribution in [0.4, 0.5) is 10.5 Å². The lowest BCUT2D eigenvalue weighted by Crippen LogP contribution is -2.67. The van der Waals surface area contributed by atoms with Gasteiger partial charge in [-0.2, -0.15) is 0 Å². The van der Waals surface area contributed by atoms with E-state index in [4.69, 9.17) is 4.74 Å². The van der Waals surface area contributed by atoms with Gasteiger partial charge in [0.2, 0.25) is 0 Å². The summed E-state index contributed by atoms with van der Waals surface area (Å²) in [7, 11) is 3.34. The Kier molecular flexibility index (Phi) is 5.27. The van der Waals surface area contributed by atoms with Gasteiger partial charge in [-0.05, 0) is 43.0 Å². The number of methoxy groups -OCH3 is 1. The molecule has 8 heteroatoms. The molecule has 4 rings (SSSR count). The Hall–Kier alpha value is -2.16. The first-order chi connectivity index (χ1) is 13.8. The highest BCUT2D eigenvalue weighted by atomic mass is 16.5. The standard InChI is InChI=1S/C21H31N5O3/c1-13-11-25(16-7-6-14(2)15(3)10-16)20-22-18-17(26(20)12-13)19(27)24(8-9-29-5)21(28)23(18)4/h6-7,10,13,17-18,20,22H,8-9,11-12H2,1-5H3. The van der Waals surface area contributed by atoms with E-state index in [1.807, 2.05) is 0 Å². The van der Waals surface area contributed by atoms with Crippen LogP contribution in [0.5, 0.6) is 0 Å². The Balaban J connectivity index is 1.66. The minimum absolute atomic E-state index is 0.120. The molecule has 3 aliphatic heterocycles. The molecule has 3 saturated heterocycles. The van der Waals surface area contributed by atoms with Gasteiger partial charge >= 0.3 is 6.03 Å². The number of anilines is 1. The molecule has 4 unspecified atom stereocenters. The summed E-state index contributed by atoms with van der Waals surface area (Å²) in [5.74, 6) is 0.260. The van der Waals surface area contributed by atoms with E-state index in [0.29, 0.717) is 12.5 Å². The molecule has 0 bridgehead atoms. The topological polar surface area (TPSA) is 68.4 Å². The first kappa shape index (κ1) is 20.1. The third-order valence-electron chi connectivity index (χ3n) is 6.43. The van der Waals surface area contributed by atoms with E-state index in [9.17, 15) is 9.59 Å². The van der Waals surface area contributed by atoms with Gasteiger partial charge in [-0.3, -0.25) is 19.9 Å². The molecule has 1 N–H and O–H groups in total. The second-order valence-corrected chi connectivity index (χ2v) is 8.53. The third-order valence-corrected chi connectivity index (χ3v) is 6.43. The monoisotopic (exact) mass is 401 g/mol. The zero-order valence-electron chi connectivity index (χ0n) is 17.9. The van der Waals surface area contributed by atoms with Crippen LogP contribution in [0.1, 0.15) is 18.1 Å². The number of aryl methyl sites for hydroxylation is 2. The summed E-state index contributed by atoms with van der Waals surface area (Å²) < 4.78 is 5.11. The maximum absolute atomic E-state index is 13.3. The van der Waals surface area contributed by atoms with Crippen LogP contribution in [-0.2, 0) is 9.53 Å². The van der Waals surface area contributed by atoms with E-state index in [1.54, 1.807) is 19.1 Å². The van der Waals surface area contributed by atoms with Crippen molar-refractivity contribution in [2.75, 3.05) is 45.3 Å². The van der Waals surface area contributed by atoms with Crippen molar-refractivity contribution < 1.29 is 14.3 Å². The fourth-order valence-electron chi connectivity index (χ4n) is 4.71. The molecule has 0 spiro atoms. The highest BCUT2D eigenvalue weighted by Crippen LogP contribution is 2.34. The Morgan fingerprint density at radius 2 is 1.93 bits per heavy atom. The van der Waals surface area contributed by atoms with Crippen molar-refractivity contribution in [3.05, 3.63) is 29.3 Å². The van der Waals surface area contributed by atoms with Crippen LogP contribution in [0.2, 0.25) is 0 Å². The lowest BCUT2D eigenvalue weighted by Gasteiger charge is -2.46. The van der Waals surface area contributed by atoms with Gasteiger partial charge in [0.25, 0.3) is 5.91 Å². The largest absolute Gasteiger partial charge is 0.383 e. The number of amides is 3. The molecule has 0 aliphatic carbocycles. The summed E-state index contributed by atoms with van der Waals surface area (Å²) in [6.07, 6.45) is -0.456. The van der Waals surface area contributed by atoms with Crippen molar-refractivity contribution in [1.82, 2.24) is 20.0 Å². The van der Waals surface area contributed by atoms with E-state index in [1.165, 1.54) is 16.0 Å². The van der Waals surface area contributed by atoms with Crippen LogP contribution in [0.3, 0.4) is 0 Å². The molecular formula is C21H31N5O3. The van der Waals surface area contributed by atoms with Crippen LogP contribution >= 0.6 is 0 Å². The van der Waals surface area contributed by atoms with Crippen LogP contribution in [0.25, 0.3) is 0 Å². The number of nitrogens with zero attached hydrogens (tertiary/aromatic N) is 4. The highest BCUT2D eigenvalue weighted by Gasteiger charge is 2.56. The molecule has 3 aliphatic rings. The van der Waals surface area contributed by atoms with Crippen molar-refractivity contribution in [2.24, 2.45) is 5.92 Å². The average Bonchev–Trinajstić information content (AvgIpc) is 3.07. The van der Waals surface area contributed by atoms with Gasteiger partial charge in [0.1, 0.15) is 18.5 Å². The fraction of sp³-hybridized carbons (Fsp3) is 0.619. The molecule has 158 valence electrons. The molecule has 3 fully saturated rings. The summed E-state index contributed by atoms with van der Waals surface area (Å²) in [6.45, 7) is 8.77. The number of fused-ring (bicyclic) bond motifs is 3. The second kappa shape index (κ2) is 7.59. The van der Waals surface area contributed by atoms with Gasteiger partial charge < -0.3 is 14.5 Å². The lowest BCUT2D eigenvalue weighted by molar-refractivity contribution is -0.139. The van der Waals surface area contributed by atoms with Gasteiger partial charge in [0.05, 0.1) is 13.2 Å². The summed E-state index contributed by atoms with van der Waals surface area (Å²) in [5, 5.41) is 3.56. The predicted molar refractivity (Wildman–Crippen MR) is 110 cm³/mol. The van der Waals surface area contributed by atoms with E-state index < -0.39 is 6.04 Å². The normalized spacial score (nSPS) is 30.0. The molecule has 8 nitrogen and oxygen atoms in total. The fourth-order valence-corrected chi connectivity index (χ4v) is 4.71. The van der Waals surface area contributed by atoms with E-state index >= 15 is 0 Å². The predicted octanol–water partition coefficient (Wildman–Crippen LogP) is 1.18. The number of likely N-dealkylation sites (N-methyl/N-ethyl adjacent to an activating group) is 1. The zero-order valence-corrected chi connectivity index (χ0v) is 17.9. The van der Waals surface area contributed by atoms with Gasteiger partial charge in [0.15, 0.2) is 0 Å². The summed E-state index contributed by atoms with van der Waals surface area (Å²) in [4.78, 5) is 33.6. The van der Waals surface area contributed by atoms with Gasteiger partial charge in [-0.15, -0.1) is 0 Å². The number of imide groups is 1. The molecule has 1 aromatic carbocycles. The van der Waals surface area contributed by atoms with Crippen molar-refractivity contribution in [3.63, 3.8) is 0 Å². The molecule has 1 aromatic rings. The van der Waals surface area contributed by atoms with E-state index in [0.717, 1.165) is 18.8 Å². The maximum atomic E-state index is 13.3. The van der Waals surface area contributed by atoms with Crippen molar-refractivity contribution in [2.45, 2.75) is 39.3 Å². The molecule has 3 heterocycles. The number of benzene rings is 1. The summed E-state index contributed by atoms with van der Waals surface area (Å²) in [6, 6.07) is 5.83. The van der Waals surface area contributed by atoms with E-state index in [2.05, 4.69) is 54.1 Å². The summed E-state index contributed by atoms with van der Waals surface area (Å²) in [5.41, 5.74) is 3.65. The molecule has 29 heavy (non-hydrogen) atoms. The van der Waals surface area contributed by atoms with Gasteiger partial charge in [-0.25, -0.2) is 4.79 Å². The average molecular weight is 402 g/mol. The number of hydrogen-bond donors (Lipinski definition) is 1. The first-order valence-corrected chi connectivity index (χ1v) is 10.3. The second-order valence-electron chi connectivity index (χ2n) is 8.53. The maximum Gasteiger partial charge on any atom is 0.327 e. The molecule has 0 saturated carbocycles. The van der Waals surface area contributed by atoms with Crippen molar-refractivity contribution in [1.29, 1.82) is 0 Å². The zero-order chi connectivity index (χ0) is 20.9. The smallest absolute Gasteiger partial charge is 0.327 e. The molecule has 4 atom stereocenters. The number of carbonyl (C=O) groups is 2.